The highest BCUT2D eigenvalue weighted by atomic mass is 32.1. The van der Waals surface area contributed by atoms with Crippen LogP contribution in [0.3, 0.4) is 0 Å². The lowest BCUT2D eigenvalue weighted by molar-refractivity contribution is 0.440. The van der Waals surface area contributed by atoms with Gasteiger partial charge in [-0.05, 0) is 30.7 Å². The first kappa shape index (κ1) is 16.2. The van der Waals surface area contributed by atoms with E-state index in [1.54, 1.807) is 18.4 Å². The maximum atomic E-state index is 12.4. The molecule has 2 heterocycles. The van der Waals surface area contributed by atoms with Crippen LogP contribution in [0.2, 0.25) is 0 Å². The predicted octanol–water partition coefficient (Wildman–Crippen LogP) is 3.79. The van der Waals surface area contributed by atoms with Crippen LogP contribution in [0.25, 0.3) is 11.8 Å². The van der Waals surface area contributed by atoms with Crippen molar-refractivity contribution in [1.82, 2.24) is 4.57 Å². The Balaban J connectivity index is 1.77. The second-order valence-electron chi connectivity index (χ2n) is 5.89. The molecule has 2 aromatic carbocycles. The summed E-state index contributed by atoms with van der Waals surface area (Å²) in [7, 11) is 0. The van der Waals surface area contributed by atoms with Gasteiger partial charge >= 0.3 is 4.87 Å². The van der Waals surface area contributed by atoms with Gasteiger partial charge in [-0.15, -0.1) is 5.10 Å². The van der Waals surface area contributed by atoms with E-state index < -0.39 is 0 Å². The minimum Gasteiger partial charge on any atom is -0.493 e. The number of aromatic hydroxyl groups is 1. The zero-order valence-electron chi connectivity index (χ0n) is 14.0. The molecule has 128 valence electrons. The van der Waals surface area contributed by atoms with Crippen LogP contribution in [-0.2, 0) is 0 Å². The van der Waals surface area contributed by atoms with Crippen molar-refractivity contribution < 1.29 is 5.11 Å². The standard InChI is InChI=1S/C20H15N3O2S/c1-13-6-5-9-16(10-13)23-19(24)17(26-20(23)25)11-15-12-21-22-18(15)14-7-3-2-4-8-14/h2-12,24H,1H3/b15-11-. The molecule has 26 heavy (non-hydrogen) atoms. The lowest BCUT2D eigenvalue weighted by atomic mass is 10.0. The van der Waals surface area contributed by atoms with Crippen molar-refractivity contribution in [2.45, 2.75) is 6.92 Å². The van der Waals surface area contributed by atoms with Gasteiger partial charge in [-0.1, -0.05) is 53.8 Å². The lowest BCUT2D eigenvalue weighted by Crippen LogP contribution is -2.09. The Morgan fingerprint density at radius 2 is 1.92 bits per heavy atom. The van der Waals surface area contributed by atoms with E-state index in [0.29, 0.717) is 16.3 Å². The van der Waals surface area contributed by atoms with E-state index in [2.05, 4.69) is 10.2 Å². The SMILES string of the molecule is Cc1cccc(-n2c(O)c(/C=C3/C=NN=C3c3ccccc3)sc2=O)c1. The number of thiazole rings is 1. The van der Waals surface area contributed by atoms with Gasteiger partial charge < -0.3 is 5.11 Å². The van der Waals surface area contributed by atoms with Crippen molar-refractivity contribution in [3.05, 3.63) is 85.8 Å². The molecule has 1 aromatic heterocycles. The molecule has 0 amide bonds. The molecule has 1 N–H and O–H groups in total. The molecule has 0 unspecified atom stereocenters. The molecule has 1 aliphatic heterocycles. The number of nitrogens with zero attached hydrogens (tertiary/aromatic N) is 3. The number of hydrogen-bond acceptors (Lipinski definition) is 5. The molecular weight excluding hydrogens is 346 g/mol. The first-order valence-corrected chi connectivity index (χ1v) is 8.85. The highest BCUT2D eigenvalue weighted by molar-refractivity contribution is 7.10. The third-order valence-corrected chi connectivity index (χ3v) is 4.91. The number of aromatic nitrogens is 1. The van der Waals surface area contributed by atoms with E-state index in [1.807, 2.05) is 55.5 Å². The summed E-state index contributed by atoms with van der Waals surface area (Å²) in [6.07, 6.45) is 3.37. The summed E-state index contributed by atoms with van der Waals surface area (Å²) in [6.45, 7) is 1.94. The quantitative estimate of drug-likeness (QED) is 0.771. The van der Waals surface area contributed by atoms with Crippen LogP contribution in [-0.4, -0.2) is 21.6 Å². The topological polar surface area (TPSA) is 66.9 Å². The number of hydrogen-bond donors (Lipinski definition) is 1. The average molecular weight is 361 g/mol. The molecule has 1 aliphatic rings. The Morgan fingerprint density at radius 3 is 2.69 bits per heavy atom. The predicted molar refractivity (Wildman–Crippen MR) is 106 cm³/mol. The molecule has 0 saturated heterocycles. The summed E-state index contributed by atoms with van der Waals surface area (Å²) in [5.74, 6) is -0.0780. The number of benzene rings is 2. The van der Waals surface area contributed by atoms with Crippen molar-refractivity contribution >= 4 is 29.3 Å². The van der Waals surface area contributed by atoms with Crippen LogP contribution in [0.1, 0.15) is 16.0 Å². The Morgan fingerprint density at radius 1 is 1.12 bits per heavy atom. The van der Waals surface area contributed by atoms with Crippen molar-refractivity contribution in [1.29, 1.82) is 0 Å². The number of rotatable bonds is 3. The molecule has 0 radical (unpaired) electrons. The minimum absolute atomic E-state index is 0.0780. The smallest absolute Gasteiger partial charge is 0.315 e. The van der Waals surface area contributed by atoms with E-state index in [0.717, 1.165) is 28.0 Å². The monoisotopic (exact) mass is 361 g/mol. The zero-order valence-corrected chi connectivity index (χ0v) is 14.8. The molecule has 0 bridgehead atoms. The van der Waals surface area contributed by atoms with Crippen LogP contribution in [0.15, 0.2) is 75.2 Å². The zero-order chi connectivity index (χ0) is 18.1. The van der Waals surface area contributed by atoms with E-state index >= 15 is 0 Å². The van der Waals surface area contributed by atoms with Crippen molar-refractivity contribution in [3.8, 4) is 11.6 Å². The summed E-state index contributed by atoms with van der Waals surface area (Å²) in [6, 6.07) is 17.1. The number of allylic oxidation sites excluding steroid dienone is 1. The molecule has 0 saturated carbocycles. The van der Waals surface area contributed by atoms with Crippen molar-refractivity contribution in [2.24, 2.45) is 10.2 Å². The van der Waals surface area contributed by atoms with Crippen LogP contribution < -0.4 is 4.87 Å². The second-order valence-corrected chi connectivity index (χ2v) is 6.88. The van der Waals surface area contributed by atoms with Crippen LogP contribution in [0.5, 0.6) is 5.88 Å². The van der Waals surface area contributed by atoms with E-state index in [1.165, 1.54) is 4.57 Å². The van der Waals surface area contributed by atoms with E-state index in [9.17, 15) is 9.90 Å². The molecule has 0 spiro atoms. The van der Waals surface area contributed by atoms with Crippen LogP contribution >= 0.6 is 11.3 Å². The van der Waals surface area contributed by atoms with Gasteiger partial charge in [-0.2, -0.15) is 5.10 Å². The maximum absolute atomic E-state index is 12.4. The van der Waals surface area contributed by atoms with Gasteiger partial charge in [0, 0.05) is 11.1 Å². The highest BCUT2D eigenvalue weighted by Gasteiger charge is 2.18. The van der Waals surface area contributed by atoms with Crippen molar-refractivity contribution in [3.63, 3.8) is 0 Å². The summed E-state index contributed by atoms with van der Waals surface area (Å²) in [5.41, 5.74) is 4.06. The van der Waals surface area contributed by atoms with Gasteiger partial charge in [-0.3, -0.25) is 4.79 Å². The fourth-order valence-corrected chi connectivity index (χ4v) is 3.65. The van der Waals surface area contributed by atoms with Gasteiger partial charge in [0.2, 0.25) is 5.88 Å². The van der Waals surface area contributed by atoms with Gasteiger partial charge in [0.1, 0.15) is 5.71 Å². The Hall–Kier alpha value is -3.25. The summed E-state index contributed by atoms with van der Waals surface area (Å²) >= 11 is 0.990. The first-order valence-electron chi connectivity index (χ1n) is 8.04. The third kappa shape index (κ3) is 2.91. The Kier molecular flexibility index (Phi) is 4.10. The first-order chi connectivity index (χ1) is 12.6. The molecule has 3 aromatic rings. The van der Waals surface area contributed by atoms with E-state index in [-0.39, 0.29) is 10.8 Å². The molecule has 4 rings (SSSR count). The van der Waals surface area contributed by atoms with Crippen molar-refractivity contribution in [2.75, 3.05) is 0 Å². The fraction of sp³-hybridized carbons (Fsp3) is 0.0500. The van der Waals surface area contributed by atoms with E-state index in [4.69, 9.17) is 0 Å². The van der Waals surface area contributed by atoms with Gasteiger partial charge in [0.15, 0.2) is 0 Å². The molecule has 6 heteroatoms. The largest absolute Gasteiger partial charge is 0.493 e. The fourth-order valence-electron chi connectivity index (χ4n) is 2.81. The summed E-state index contributed by atoms with van der Waals surface area (Å²) in [5, 5.41) is 18.8. The highest BCUT2D eigenvalue weighted by Crippen LogP contribution is 2.27. The van der Waals surface area contributed by atoms with Gasteiger partial charge in [0.25, 0.3) is 0 Å². The second kappa shape index (κ2) is 6.57. The number of aryl methyl sites for hydroxylation is 1. The molecular formula is C20H15N3O2S. The minimum atomic E-state index is -0.243. The molecule has 0 atom stereocenters. The maximum Gasteiger partial charge on any atom is 0.315 e. The molecule has 5 nitrogen and oxygen atoms in total. The Labute approximate surface area is 153 Å². The van der Waals surface area contributed by atoms with Crippen LogP contribution in [0, 0.1) is 6.92 Å². The summed E-state index contributed by atoms with van der Waals surface area (Å²) in [4.78, 5) is 12.7. The molecule has 0 fully saturated rings. The van der Waals surface area contributed by atoms with Gasteiger partial charge in [-0.25, -0.2) is 4.57 Å². The average Bonchev–Trinajstić information content (AvgIpc) is 3.20. The van der Waals surface area contributed by atoms with Crippen LogP contribution in [0.4, 0.5) is 0 Å². The Bertz CT molecular complexity index is 1120. The molecule has 0 aliphatic carbocycles. The summed E-state index contributed by atoms with van der Waals surface area (Å²) < 4.78 is 1.31. The lowest BCUT2D eigenvalue weighted by Gasteiger charge is -2.05. The third-order valence-electron chi connectivity index (χ3n) is 4.03. The van der Waals surface area contributed by atoms with Gasteiger partial charge in [0.05, 0.1) is 16.8 Å². The normalized spacial score (nSPS) is 14.8.